The third-order valence-corrected chi connectivity index (χ3v) is 5.07. The summed E-state index contributed by atoms with van der Waals surface area (Å²) >= 11 is 1.26. The number of pyridine rings is 1. The van der Waals surface area contributed by atoms with Gasteiger partial charge in [-0.3, -0.25) is 4.98 Å². The van der Waals surface area contributed by atoms with Crippen LogP contribution in [0.1, 0.15) is 0 Å². The van der Waals surface area contributed by atoms with E-state index in [0.717, 1.165) is 11.3 Å². The van der Waals surface area contributed by atoms with Crippen molar-refractivity contribution in [3.63, 3.8) is 0 Å². The van der Waals surface area contributed by atoms with E-state index in [0.29, 0.717) is 17.2 Å². The molecule has 1 aromatic carbocycles. The van der Waals surface area contributed by atoms with Gasteiger partial charge in [-0.05, 0) is 36.4 Å². The van der Waals surface area contributed by atoms with Crippen LogP contribution in [0.15, 0.2) is 42.6 Å². The molecule has 7 heteroatoms. The zero-order valence-corrected chi connectivity index (χ0v) is 13.9. The van der Waals surface area contributed by atoms with Gasteiger partial charge in [0.25, 0.3) is 0 Å². The quantitative estimate of drug-likeness (QED) is 0.766. The molecule has 4 atom stereocenters. The van der Waals surface area contributed by atoms with E-state index >= 15 is 0 Å². The van der Waals surface area contributed by atoms with Crippen LogP contribution in [0.25, 0.3) is 11.3 Å². The lowest BCUT2D eigenvalue weighted by molar-refractivity contribution is -0.0785. The molecule has 0 amide bonds. The van der Waals surface area contributed by atoms with Gasteiger partial charge in [0.15, 0.2) is 5.44 Å². The predicted octanol–water partition coefficient (Wildman–Crippen LogP) is 1.29. The van der Waals surface area contributed by atoms with E-state index in [1.54, 1.807) is 25.4 Å². The normalized spacial score (nSPS) is 26.8. The Labute approximate surface area is 144 Å². The molecule has 0 unspecified atom stereocenters. The second-order valence-electron chi connectivity index (χ2n) is 5.45. The predicted molar refractivity (Wildman–Crippen MR) is 91.1 cm³/mol. The first kappa shape index (κ1) is 17.0. The van der Waals surface area contributed by atoms with Gasteiger partial charge >= 0.3 is 0 Å². The van der Waals surface area contributed by atoms with Gasteiger partial charge in [-0.1, -0.05) is 0 Å². The zero-order chi connectivity index (χ0) is 17.1. The van der Waals surface area contributed by atoms with Crippen LogP contribution in [0.3, 0.4) is 0 Å². The molecule has 2 heterocycles. The molecule has 0 spiro atoms. The lowest BCUT2D eigenvalue weighted by Gasteiger charge is -2.34. The summed E-state index contributed by atoms with van der Waals surface area (Å²) in [5, 5.41) is 29.5. The van der Waals surface area contributed by atoms with Crippen molar-refractivity contribution in [3.8, 4) is 22.8 Å². The number of rotatable bonds is 4. The zero-order valence-electron chi connectivity index (χ0n) is 13.1. The highest BCUT2D eigenvalue weighted by molar-refractivity contribution is 7.99. The summed E-state index contributed by atoms with van der Waals surface area (Å²) in [4.78, 5) is 4.36. The number of nitrogens with zero attached hydrogens (tertiary/aromatic N) is 1. The Kier molecular flexibility index (Phi) is 5.25. The van der Waals surface area contributed by atoms with Crippen LogP contribution in [0.2, 0.25) is 0 Å². The molecule has 0 radical (unpaired) electrons. The summed E-state index contributed by atoms with van der Waals surface area (Å²) < 4.78 is 11.0. The Hall–Kier alpha value is -1.80. The number of hydrogen-bond donors (Lipinski definition) is 3. The van der Waals surface area contributed by atoms with E-state index in [2.05, 4.69) is 4.98 Å². The number of thioether (sulfide) groups is 1. The lowest BCUT2D eigenvalue weighted by Crippen LogP contribution is -2.50. The maximum atomic E-state index is 10.1. The molecule has 1 aromatic heterocycles. The van der Waals surface area contributed by atoms with Gasteiger partial charge in [0, 0.05) is 17.5 Å². The first-order valence-corrected chi connectivity index (χ1v) is 8.57. The van der Waals surface area contributed by atoms with Gasteiger partial charge in [0.2, 0.25) is 0 Å². The maximum absolute atomic E-state index is 10.1. The standard InChI is InChI=1S/C17H19NO5S/c1-22-11-6-4-10(5-7-11)14-13(3-2-8-18-14)23-17-16(21)15(20)12(19)9-24-17/h2-8,12,15-17,19-21H,9H2,1H3/t12-,15+,16-,17-/m1/s1. The van der Waals surface area contributed by atoms with Crippen molar-refractivity contribution in [1.29, 1.82) is 0 Å². The van der Waals surface area contributed by atoms with Crippen LogP contribution in [0.4, 0.5) is 0 Å². The molecule has 3 rings (SSSR count). The minimum atomic E-state index is -1.22. The molecular formula is C17H19NO5S. The number of ether oxygens (including phenoxy) is 2. The highest BCUT2D eigenvalue weighted by atomic mass is 32.2. The fraction of sp³-hybridized carbons (Fsp3) is 0.353. The van der Waals surface area contributed by atoms with E-state index < -0.39 is 23.7 Å². The van der Waals surface area contributed by atoms with Gasteiger partial charge in [0.05, 0.1) is 13.2 Å². The fourth-order valence-electron chi connectivity index (χ4n) is 2.46. The largest absolute Gasteiger partial charge is 0.497 e. The Morgan fingerprint density at radius 3 is 2.54 bits per heavy atom. The fourth-order valence-corrected chi connectivity index (χ4v) is 3.57. The SMILES string of the molecule is COc1ccc(-c2ncccc2O[C@@H]2SC[C@@H](O)[C@H](O)[C@H]2O)cc1. The molecule has 6 nitrogen and oxygen atoms in total. The van der Waals surface area contributed by atoms with Crippen LogP contribution >= 0.6 is 11.8 Å². The van der Waals surface area contributed by atoms with Gasteiger partial charge in [0.1, 0.15) is 29.4 Å². The smallest absolute Gasteiger partial charge is 0.173 e. The van der Waals surface area contributed by atoms with Crippen molar-refractivity contribution in [2.75, 3.05) is 12.9 Å². The van der Waals surface area contributed by atoms with Crippen LogP contribution < -0.4 is 9.47 Å². The summed E-state index contributed by atoms with van der Waals surface area (Å²) in [7, 11) is 1.60. The molecule has 1 aliphatic heterocycles. The van der Waals surface area contributed by atoms with Crippen molar-refractivity contribution < 1.29 is 24.8 Å². The first-order chi connectivity index (χ1) is 11.6. The molecule has 3 N–H and O–H groups in total. The van der Waals surface area contributed by atoms with Crippen molar-refractivity contribution in [2.45, 2.75) is 23.7 Å². The minimum absolute atomic E-state index is 0.293. The maximum Gasteiger partial charge on any atom is 0.173 e. The third-order valence-electron chi connectivity index (χ3n) is 3.83. The van der Waals surface area contributed by atoms with Gasteiger partial charge in [-0.2, -0.15) is 0 Å². The average Bonchev–Trinajstić information content (AvgIpc) is 2.63. The van der Waals surface area contributed by atoms with Crippen LogP contribution in [0.5, 0.6) is 11.5 Å². The number of aliphatic hydroxyl groups excluding tert-OH is 3. The molecule has 0 aliphatic carbocycles. The Morgan fingerprint density at radius 2 is 1.83 bits per heavy atom. The highest BCUT2D eigenvalue weighted by Crippen LogP contribution is 2.34. The Balaban J connectivity index is 1.84. The molecule has 0 bridgehead atoms. The summed E-state index contributed by atoms with van der Waals surface area (Å²) in [6.45, 7) is 0. The van der Waals surface area contributed by atoms with E-state index in [1.165, 1.54) is 11.8 Å². The molecule has 1 saturated heterocycles. The molecule has 24 heavy (non-hydrogen) atoms. The summed E-state index contributed by atoms with van der Waals surface area (Å²) in [5.41, 5.74) is 0.806. The van der Waals surface area contributed by atoms with Crippen molar-refractivity contribution in [3.05, 3.63) is 42.6 Å². The Morgan fingerprint density at radius 1 is 1.08 bits per heavy atom. The number of hydrogen-bond acceptors (Lipinski definition) is 7. The number of aromatic nitrogens is 1. The van der Waals surface area contributed by atoms with E-state index in [4.69, 9.17) is 9.47 Å². The van der Waals surface area contributed by atoms with Gasteiger partial charge < -0.3 is 24.8 Å². The molecule has 128 valence electrons. The average molecular weight is 349 g/mol. The molecular weight excluding hydrogens is 330 g/mol. The lowest BCUT2D eigenvalue weighted by atomic mass is 10.1. The number of benzene rings is 1. The molecule has 2 aromatic rings. The Bertz CT molecular complexity index is 681. The minimum Gasteiger partial charge on any atom is -0.497 e. The van der Waals surface area contributed by atoms with Crippen LogP contribution in [-0.2, 0) is 0 Å². The van der Waals surface area contributed by atoms with E-state index in [9.17, 15) is 15.3 Å². The summed E-state index contributed by atoms with van der Waals surface area (Å²) in [6.07, 6.45) is -1.70. The van der Waals surface area contributed by atoms with Gasteiger partial charge in [-0.25, -0.2) is 0 Å². The molecule has 1 aliphatic rings. The van der Waals surface area contributed by atoms with Gasteiger partial charge in [-0.15, -0.1) is 11.8 Å². The monoisotopic (exact) mass is 349 g/mol. The first-order valence-electron chi connectivity index (χ1n) is 7.52. The topological polar surface area (TPSA) is 92.0 Å². The number of methoxy groups -OCH3 is 1. The van der Waals surface area contributed by atoms with Crippen molar-refractivity contribution in [2.24, 2.45) is 0 Å². The second-order valence-corrected chi connectivity index (χ2v) is 6.58. The summed E-state index contributed by atoms with van der Waals surface area (Å²) in [6, 6.07) is 10.9. The highest BCUT2D eigenvalue weighted by Gasteiger charge is 2.38. The molecule has 1 fully saturated rings. The van der Waals surface area contributed by atoms with Crippen LogP contribution in [-0.4, -0.2) is 56.9 Å². The third kappa shape index (κ3) is 3.49. The molecule has 0 saturated carbocycles. The van der Waals surface area contributed by atoms with Crippen LogP contribution in [0, 0.1) is 0 Å². The van der Waals surface area contributed by atoms with Crippen molar-refractivity contribution in [1.82, 2.24) is 4.98 Å². The van der Waals surface area contributed by atoms with E-state index in [-0.39, 0.29) is 0 Å². The van der Waals surface area contributed by atoms with E-state index in [1.807, 2.05) is 24.3 Å². The van der Waals surface area contributed by atoms with Crippen molar-refractivity contribution >= 4 is 11.8 Å². The number of aliphatic hydroxyl groups is 3. The summed E-state index contributed by atoms with van der Waals surface area (Å²) in [5.74, 6) is 1.54. The second kappa shape index (κ2) is 7.40.